The molecule has 4 aromatic rings. The van der Waals surface area contributed by atoms with E-state index in [1.165, 1.54) is 17.2 Å². The van der Waals surface area contributed by atoms with E-state index in [1.54, 1.807) is 18.5 Å². The van der Waals surface area contributed by atoms with Crippen LogP contribution >= 0.6 is 0 Å². The number of hydrogen-bond donors (Lipinski definition) is 3. The maximum Gasteiger partial charge on any atom is 0.330 e. The smallest absolute Gasteiger partial charge is 0.330 e. The maximum absolute atomic E-state index is 11.6. The molecule has 0 unspecified atom stereocenters. The molecule has 0 bridgehead atoms. The van der Waals surface area contributed by atoms with Crippen LogP contribution in [0.15, 0.2) is 31.8 Å². The Morgan fingerprint density at radius 3 is 2.52 bits per heavy atom. The molecule has 0 fully saturated rings. The summed E-state index contributed by atoms with van der Waals surface area (Å²) in [5, 5.41) is 0. The number of imidazole rings is 2. The number of aromatic amines is 3. The van der Waals surface area contributed by atoms with Crippen LogP contribution in [-0.4, -0.2) is 45.2 Å². The highest BCUT2D eigenvalue weighted by Gasteiger charge is 2.10. The zero-order chi connectivity index (χ0) is 21.1. The van der Waals surface area contributed by atoms with Gasteiger partial charge in [0.15, 0.2) is 16.8 Å². The van der Waals surface area contributed by atoms with Gasteiger partial charge in [-0.2, -0.15) is 0 Å². The second-order valence-electron chi connectivity index (χ2n) is 5.93. The summed E-state index contributed by atoms with van der Waals surface area (Å²) in [7, 11) is 1.55. The van der Waals surface area contributed by atoms with Gasteiger partial charge in [-0.3, -0.25) is 28.7 Å². The van der Waals surface area contributed by atoms with Gasteiger partial charge in [0, 0.05) is 20.2 Å². The second-order valence-corrected chi connectivity index (χ2v) is 5.93. The Morgan fingerprint density at radius 2 is 1.83 bits per heavy atom. The third-order valence-electron chi connectivity index (χ3n) is 4.20. The SMILES string of the molecule is CCOCn1cnc2c1c(=O)[nH]c(=O)n2C.CCn1c(=O)[nH]c2nc[nH]c2c1=O. The summed E-state index contributed by atoms with van der Waals surface area (Å²) in [5.74, 6) is 0. The van der Waals surface area contributed by atoms with E-state index in [1.807, 2.05) is 6.92 Å². The van der Waals surface area contributed by atoms with Crippen molar-refractivity contribution in [3.63, 3.8) is 0 Å². The lowest BCUT2D eigenvalue weighted by Gasteiger charge is -2.03. The molecule has 29 heavy (non-hydrogen) atoms. The van der Waals surface area contributed by atoms with Crippen LogP contribution in [0.4, 0.5) is 0 Å². The van der Waals surface area contributed by atoms with E-state index in [-0.39, 0.29) is 12.3 Å². The van der Waals surface area contributed by atoms with Crippen molar-refractivity contribution in [2.75, 3.05) is 6.61 Å². The predicted octanol–water partition coefficient (Wildman–Crippen LogP) is -1.15. The lowest BCUT2D eigenvalue weighted by molar-refractivity contribution is 0.0903. The van der Waals surface area contributed by atoms with Gasteiger partial charge in [-0.05, 0) is 13.8 Å². The minimum Gasteiger partial charge on any atom is -0.361 e. The van der Waals surface area contributed by atoms with E-state index in [9.17, 15) is 19.2 Å². The normalized spacial score (nSPS) is 11.0. The minimum absolute atomic E-state index is 0.244. The average Bonchev–Trinajstić information content (AvgIpc) is 3.32. The maximum atomic E-state index is 11.6. The molecule has 4 heterocycles. The Hall–Kier alpha value is -3.74. The highest BCUT2D eigenvalue weighted by molar-refractivity contribution is 5.69. The Balaban J connectivity index is 0.000000169. The summed E-state index contributed by atoms with van der Waals surface area (Å²) in [6.07, 6.45) is 2.86. The van der Waals surface area contributed by atoms with Crippen molar-refractivity contribution in [2.24, 2.45) is 7.05 Å². The van der Waals surface area contributed by atoms with Gasteiger partial charge in [-0.25, -0.2) is 19.6 Å². The first kappa shape index (κ1) is 20.0. The standard InChI is InChI=1S/C9H12N4O3.C7H8N4O2/c1-3-16-5-13-4-10-7-6(13)8(14)11-9(15)12(7)2;1-2-11-6(12)4-5(9-3-8-4)10-7(11)13/h4H,3,5H2,1-2H3,(H,11,14,15);3H,2H2,1H3,(H,8,9)(H,10,13). The van der Waals surface area contributed by atoms with Crippen molar-refractivity contribution in [3.05, 3.63) is 54.3 Å². The fraction of sp³-hybridized carbons (Fsp3) is 0.375. The van der Waals surface area contributed by atoms with Gasteiger partial charge in [0.05, 0.1) is 12.7 Å². The molecule has 0 aliphatic heterocycles. The van der Waals surface area contributed by atoms with Crippen molar-refractivity contribution in [3.8, 4) is 0 Å². The molecule has 0 saturated carbocycles. The van der Waals surface area contributed by atoms with Gasteiger partial charge < -0.3 is 14.3 Å². The Kier molecular flexibility index (Phi) is 5.59. The van der Waals surface area contributed by atoms with Crippen molar-refractivity contribution in [2.45, 2.75) is 27.1 Å². The lowest BCUT2D eigenvalue weighted by atomic mass is 10.5. The van der Waals surface area contributed by atoms with Crippen molar-refractivity contribution >= 4 is 22.3 Å². The molecule has 0 aliphatic carbocycles. The number of hydrogen-bond acceptors (Lipinski definition) is 7. The topological polar surface area (TPSA) is 165 Å². The van der Waals surface area contributed by atoms with Crippen LogP contribution in [0.3, 0.4) is 0 Å². The summed E-state index contributed by atoms with van der Waals surface area (Å²) in [6, 6.07) is 0. The molecule has 0 amide bonds. The molecule has 0 radical (unpaired) electrons. The van der Waals surface area contributed by atoms with Gasteiger partial charge >= 0.3 is 11.4 Å². The monoisotopic (exact) mass is 404 g/mol. The largest absolute Gasteiger partial charge is 0.361 e. The number of rotatable bonds is 4. The van der Waals surface area contributed by atoms with Gasteiger partial charge in [-0.1, -0.05) is 0 Å². The molecule has 3 N–H and O–H groups in total. The molecular formula is C16H20N8O5. The first-order valence-electron chi connectivity index (χ1n) is 8.77. The van der Waals surface area contributed by atoms with Crippen LogP contribution in [0.5, 0.6) is 0 Å². The molecular weight excluding hydrogens is 384 g/mol. The number of nitrogens with zero attached hydrogens (tertiary/aromatic N) is 5. The first-order valence-corrected chi connectivity index (χ1v) is 8.77. The summed E-state index contributed by atoms with van der Waals surface area (Å²) >= 11 is 0. The molecule has 0 atom stereocenters. The number of nitrogens with one attached hydrogen (secondary N) is 3. The summed E-state index contributed by atoms with van der Waals surface area (Å²) in [4.78, 5) is 60.9. The number of ether oxygens (including phenoxy) is 1. The highest BCUT2D eigenvalue weighted by atomic mass is 16.5. The Bertz CT molecular complexity index is 1380. The van der Waals surface area contributed by atoms with Crippen LogP contribution < -0.4 is 22.5 Å². The minimum atomic E-state index is -0.473. The molecule has 0 aliphatic rings. The fourth-order valence-electron chi connectivity index (χ4n) is 2.71. The van der Waals surface area contributed by atoms with Crippen LogP contribution in [0.1, 0.15) is 13.8 Å². The fourth-order valence-corrected chi connectivity index (χ4v) is 2.71. The van der Waals surface area contributed by atoms with E-state index in [0.29, 0.717) is 35.5 Å². The molecule has 154 valence electrons. The van der Waals surface area contributed by atoms with Crippen LogP contribution in [0.25, 0.3) is 22.3 Å². The zero-order valence-corrected chi connectivity index (χ0v) is 16.1. The van der Waals surface area contributed by atoms with E-state index in [2.05, 4.69) is 24.9 Å². The predicted molar refractivity (Wildman–Crippen MR) is 104 cm³/mol. The summed E-state index contributed by atoms with van der Waals surface area (Å²) in [5.41, 5.74) is -0.342. The molecule has 0 aromatic carbocycles. The second kappa shape index (κ2) is 8.10. The third-order valence-corrected chi connectivity index (χ3v) is 4.20. The molecule has 4 rings (SSSR count). The molecule has 0 spiro atoms. The third kappa shape index (κ3) is 3.67. The van der Waals surface area contributed by atoms with Crippen LogP contribution in [0, 0.1) is 0 Å². The van der Waals surface area contributed by atoms with Crippen molar-refractivity contribution in [1.82, 2.24) is 38.6 Å². The van der Waals surface area contributed by atoms with Crippen LogP contribution in [-0.2, 0) is 25.1 Å². The first-order chi connectivity index (χ1) is 13.9. The Labute approximate surface area is 161 Å². The average molecular weight is 404 g/mol. The number of aryl methyl sites for hydroxylation is 1. The van der Waals surface area contributed by atoms with Crippen molar-refractivity contribution < 1.29 is 4.74 Å². The van der Waals surface area contributed by atoms with Gasteiger partial charge in [0.2, 0.25) is 0 Å². The van der Waals surface area contributed by atoms with E-state index >= 15 is 0 Å². The Morgan fingerprint density at radius 1 is 1.07 bits per heavy atom. The molecule has 0 saturated heterocycles. The van der Waals surface area contributed by atoms with E-state index in [4.69, 9.17) is 4.74 Å². The van der Waals surface area contributed by atoms with E-state index in [0.717, 1.165) is 4.57 Å². The van der Waals surface area contributed by atoms with Crippen LogP contribution in [0.2, 0.25) is 0 Å². The molecule has 13 heteroatoms. The van der Waals surface area contributed by atoms with Crippen molar-refractivity contribution in [1.29, 1.82) is 0 Å². The number of aromatic nitrogens is 8. The number of fused-ring (bicyclic) bond motifs is 2. The van der Waals surface area contributed by atoms with Gasteiger partial charge in [-0.15, -0.1) is 0 Å². The summed E-state index contributed by atoms with van der Waals surface area (Å²) < 4.78 is 9.16. The molecule has 4 aromatic heterocycles. The quantitative estimate of drug-likeness (QED) is 0.386. The number of H-pyrrole nitrogens is 3. The van der Waals surface area contributed by atoms with Gasteiger partial charge in [0.1, 0.15) is 12.2 Å². The van der Waals surface area contributed by atoms with E-state index < -0.39 is 16.9 Å². The zero-order valence-electron chi connectivity index (χ0n) is 16.1. The lowest BCUT2D eigenvalue weighted by Crippen LogP contribution is -2.34. The summed E-state index contributed by atoms with van der Waals surface area (Å²) in [6.45, 7) is 4.73. The molecule has 13 nitrogen and oxygen atoms in total. The highest BCUT2D eigenvalue weighted by Crippen LogP contribution is 2.04. The van der Waals surface area contributed by atoms with Gasteiger partial charge in [0.25, 0.3) is 11.1 Å².